The summed E-state index contributed by atoms with van der Waals surface area (Å²) in [6, 6.07) is 3.60. The Morgan fingerprint density at radius 1 is 1.53 bits per heavy atom. The van der Waals surface area contributed by atoms with Crippen LogP contribution in [0.5, 0.6) is 0 Å². The molecule has 0 saturated heterocycles. The van der Waals surface area contributed by atoms with E-state index in [1.807, 2.05) is 6.92 Å². The van der Waals surface area contributed by atoms with Crippen molar-refractivity contribution < 1.29 is 0 Å². The van der Waals surface area contributed by atoms with Crippen LogP contribution >= 0.6 is 11.3 Å². The van der Waals surface area contributed by atoms with E-state index in [4.69, 9.17) is 10.5 Å². The van der Waals surface area contributed by atoms with E-state index in [9.17, 15) is 4.79 Å². The molecule has 1 heterocycles. The number of nitriles is 2. The van der Waals surface area contributed by atoms with E-state index in [1.165, 1.54) is 15.9 Å². The van der Waals surface area contributed by atoms with Crippen molar-refractivity contribution >= 4 is 23.0 Å². The molecule has 0 aromatic carbocycles. The van der Waals surface area contributed by atoms with Crippen LogP contribution in [0, 0.1) is 22.7 Å². The lowest BCUT2D eigenvalue weighted by atomic mass is 10.4. The van der Waals surface area contributed by atoms with E-state index >= 15 is 0 Å². The van der Waals surface area contributed by atoms with Crippen molar-refractivity contribution in [2.45, 2.75) is 20.4 Å². The summed E-state index contributed by atoms with van der Waals surface area (Å²) >= 11 is 1.18. The Bertz CT molecular complexity index is 606. The van der Waals surface area contributed by atoms with Gasteiger partial charge in [-0.25, -0.2) is 0 Å². The highest BCUT2D eigenvalue weighted by Gasteiger charge is 2.06. The number of rotatable bonds is 1. The first-order chi connectivity index (χ1) is 7.19. The normalized spacial score (nSPS) is 10.8. The van der Waals surface area contributed by atoms with Crippen LogP contribution < -0.4 is 14.8 Å². The molecule has 0 N–H and O–H groups in total. The Labute approximate surface area is 90.6 Å². The predicted molar refractivity (Wildman–Crippen MR) is 58.3 cm³/mol. The van der Waals surface area contributed by atoms with Gasteiger partial charge in [0.05, 0.1) is 4.53 Å². The predicted octanol–water partition coefficient (Wildman–Crippen LogP) is -0.0720. The maximum atomic E-state index is 11.7. The van der Waals surface area contributed by atoms with E-state index in [0.29, 0.717) is 15.7 Å². The second kappa shape index (κ2) is 4.59. The second-order valence-electron chi connectivity index (χ2n) is 2.71. The Morgan fingerprint density at radius 3 is 2.53 bits per heavy atom. The summed E-state index contributed by atoms with van der Waals surface area (Å²) in [6.07, 6.45) is 1.69. The molecular weight excluding hydrogens is 210 g/mol. The van der Waals surface area contributed by atoms with Crippen LogP contribution in [0.3, 0.4) is 0 Å². The van der Waals surface area contributed by atoms with Gasteiger partial charge in [-0.3, -0.25) is 9.36 Å². The minimum Gasteiger partial charge on any atom is -0.298 e. The Balaban J connectivity index is 3.92. The monoisotopic (exact) mass is 219 g/mol. The molecule has 0 unspecified atom stereocenters. The number of hydrogen-bond acceptors (Lipinski definition) is 4. The first kappa shape index (κ1) is 11.2. The van der Waals surface area contributed by atoms with Gasteiger partial charge in [0.2, 0.25) is 0 Å². The number of hydrogen-bond donors (Lipinski definition) is 0. The molecule has 5 heteroatoms. The molecule has 1 aromatic rings. The standard InChI is InChI=1S/C10H9N3OS/c1-3-8-9(14)13(4-2)10(15-8)7(5-11)6-12/h3H,4H2,1-2H3/b8-3-. The molecule has 0 amide bonds. The number of thiazole rings is 1. The van der Waals surface area contributed by atoms with E-state index in [2.05, 4.69) is 0 Å². The topological polar surface area (TPSA) is 69.6 Å². The van der Waals surface area contributed by atoms with Crippen LogP contribution in [0.1, 0.15) is 13.8 Å². The van der Waals surface area contributed by atoms with Crippen molar-refractivity contribution in [3.63, 3.8) is 0 Å². The number of nitrogens with zero attached hydrogens (tertiary/aromatic N) is 3. The van der Waals surface area contributed by atoms with Crippen molar-refractivity contribution in [1.82, 2.24) is 4.57 Å². The summed E-state index contributed by atoms with van der Waals surface area (Å²) in [6.45, 7) is 4.03. The molecule has 4 nitrogen and oxygen atoms in total. The Morgan fingerprint density at radius 2 is 2.13 bits per heavy atom. The Kier molecular flexibility index (Phi) is 3.43. The van der Waals surface area contributed by atoms with Gasteiger partial charge in [-0.2, -0.15) is 10.5 Å². The van der Waals surface area contributed by atoms with Gasteiger partial charge in [-0.15, -0.1) is 11.3 Å². The lowest BCUT2D eigenvalue weighted by Gasteiger charge is -1.93. The third kappa shape index (κ3) is 1.83. The molecule has 0 aliphatic carbocycles. The van der Waals surface area contributed by atoms with Gasteiger partial charge in [-0.1, -0.05) is 6.08 Å². The smallest absolute Gasteiger partial charge is 0.268 e. The zero-order valence-electron chi connectivity index (χ0n) is 8.44. The molecule has 15 heavy (non-hydrogen) atoms. The third-order valence-electron chi connectivity index (χ3n) is 1.92. The molecule has 0 spiro atoms. The van der Waals surface area contributed by atoms with Gasteiger partial charge < -0.3 is 0 Å². The fourth-order valence-electron chi connectivity index (χ4n) is 1.20. The minimum absolute atomic E-state index is 0.00736. The zero-order valence-corrected chi connectivity index (χ0v) is 9.26. The van der Waals surface area contributed by atoms with Crippen molar-refractivity contribution in [1.29, 1.82) is 10.5 Å². The molecule has 0 aliphatic heterocycles. The fourth-order valence-corrected chi connectivity index (χ4v) is 2.24. The average molecular weight is 219 g/mol. The average Bonchev–Trinajstić information content (AvgIpc) is 2.57. The van der Waals surface area contributed by atoms with Crippen LogP contribution in [0.2, 0.25) is 0 Å². The highest BCUT2D eigenvalue weighted by Crippen LogP contribution is 1.88. The first-order valence-electron chi connectivity index (χ1n) is 4.40. The second-order valence-corrected chi connectivity index (χ2v) is 3.74. The van der Waals surface area contributed by atoms with Gasteiger partial charge >= 0.3 is 0 Å². The van der Waals surface area contributed by atoms with Crippen LogP contribution in [-0.4, -0.2) is 4.57 Å². The maximum Gasteiger partial charge on any atom is 0.268 e. The third-order valence-corrected chi connectivity index (χ3v) is 3.17. The van der Waals surface area contributed by atoms with E-state index in [-0.39, 0.29) is 11.1 Å². The van der Waals surface area contributed by atoms with E-state index in [1.54, 1.807) is 25.1 Å². The van der Waals surface area contributed by atoms with Gasteiger partial charge in [0.15, 0.2) is 5.57 Å². The minimum atomic E-state index is -0.136. The highest BCUT2D eigenvalue weighted by molar-refractivity contribution is 7.07. The summed E-state index contributed by atoms with van der Waals surface area (Å²) in [5.74, 6) is 0. The molecule has 0 aliphatic rings. The zero-order chi connectivity index (χ0) is 11.4. The largest absolute Gasteiger partial charge is 0.298 e. The molecule has 1 rings (SSSR count). The SMILES string of the molecule is C/C=c1\sc(=C(C#N)C#N)n(CC)c1=O. The molecule has 0 fully saturated rings. The maximum absolute atomic E-state index is 11.7. The highest BCUT2D eigenvalue weighted by atomic mass is 32.1. The molecule has 76 valence electrons. The fraction of sp³-hybridized carbons (Fsp3) is 0.300. The van der Waals surface area contributed by atoms with Crippen molar-refractivity contribution in [3.05, 3.63) is 19.5 Å². The van der Waals surface area contributed by atoms with Crippen molar-refractivity contribution in [2.24, 2.45) is 0 Å². The van der Waals surface area contributed by atoms with Crippen LogP contribution in [-0.2, 0) is 6.54 Å². The van der Waals surface area contributed by atoms with Crippen molar-refractivity contribution in [3.8, 4) is 12.1 Å². The quantitative estimate of drug-likeness (QED) is 0.663. The molecular formula is C10H9N3OS. The molecule has 0 atom stereocenters. The first-order valence-corrected chi connectivity index (χ1v) is 5.21. The van der Waals surface area contributed by atoms with Crippen molar-refractivity contribution in [2.75, 3.05) is 0 Å². The molecule has 0 bridgehead atoms. The van der Waals surface area contributed by atoms with E-state index in [0.717, 1.165) is 0 Å². The van der Waals surface area contributed by atoms with Gasteiger partial charge in [0, 0.05) is 6.54 Å². The summed E-state index contributed by atoms with van der Waals surface area (Å²) < 4.78 is 2.46. The summed E-state index contributed by atoms with van der Waals surface area (Å²) in [4.78, 5) is 11.7. The molecule has 1 aromatic heterocycles. The number of aromatic nitrogens is 1. The van der Waals surface area contributed by atoms with Crippen LogP contribution in [0.15, 0.2) is 4.79 Å². The summed E-state index contributed by atoms with van der Waals surface area (Å²) in [5.41, 5.74) is -0.143. The van der Waals surface area contributed by atoms with Gasteiger partial charge in [0.1, 0.15) is 16.8 Å². The Hall–Kier alpha value is -1.85. The molecule has 0 saturated carbocycles. The molecule has 0 radical (unpaired) electrons. The summed E-state index contributed by atoms with van der Waals surface area (Å²) in [5, 5.41) is 17.5. The summed E-state index contributed by atoms with van der Waals surface area (Å²) in [7, 11) is 0. The van der Waals surface area contributed by atoms with E-state index < -0.39 is 0 Å². The van der Waals surface area contributed by atoms with Gasteiger partial charge in [-0.05, 0) is 13.8 Å². The lowest BCUT2D eigenvalue weighted by Crippen LogP contribution is -2.31. The lowest BCUT2D eigenvalue weighted by molar-refractivity contribution is 0.722. The van der Waals surface area contributed by atoms with Gasteiger partial charge in [0.25, 0.3) is 5.56 Å². The van der Waals surface area contributed by atoms with Crippen LogP contribution in [0.25, 0.3) is 11.6 Å². The van der Waals surface area contributed by atoms with Crippen LogP contribution in [0.4, 0.5) is 0 Å².